The molecule has 1 amide bonds. The van der Waals surface area contributed by atoms with E-state index in [1.54, 1.807) is 6.92 Å². The number of carbonyl (C=O) groups excluding carboxylic acids is 2. The van der Waals surface area contributed by atoms with Gasteiger partial charge >= 0.3 is 11.7 Å². The van der Waals surface area contributed by atoms with Gasteiger partial charge in [0.05, 0.1) is 18.6 Å². The Morgan fingerprint density at radius 3 is 2.50 bits per heavy atom. The summed E-state index contributed by atoms with van der Waals surface area (Å²) >= 11 is 0. The second-order valence-corrected chi connectivity index (χ2v) is 6.04. The van der Waals surface area contributed by atoms with Crippen molar-refractivity contribution in [3.8, 4) is 5.75 Å². The Balaban J connectivity index is 2.38. The lowest BCUT2D eigenvalue weighted by Gasteiger charge is -2.22. The normalized spacial score (nSPS) is 10.2. The minimum Gasteiger partial charge on any atom is -0.487 e. The maximum atomic E-state index is 13.0. The Labute approximate surface area is 162 Å². The average Bonchev–Trinajstić information content (AvgIpc) is 2.68. The Morgan fingerprint density at radius 2 is 1.89 bits per heavy atom. The molecule has 28 heavy (non-hydrogen) atoms. The first-order chi connectivity index (χ1) is 13.4. The van der Waals surface area contributed by atoms with Crippen LogP contribution in [-0.4, -0.2) is 42.0 Å². The molecule has 8 nitrogen and oxygen atoms in total. The molecule has 0 unspecified atom stereocenters. The number of ether oxygens (including phenoxy) is 2. The monoisotopic (exact) mass is 386 g/mol. The quantitative estimate of drug-likeness (QED) is 0.393. The molecule has 0 bridgehead atoms. The van der Waals surface area contributed by atoms with Gasteiger partial charge in [-0.2, -0.15) is 0 Å². The fraction of sp³-hybridized carbons (Fsp3) is 0.300. The Kier molecular flexibility index (Phi) is 7.08. The summed E-state index contributed by atoms with van der Waals surface area (Å²) in [5.41, 5.74) is 1.61. The molecule has 0 saturated heterocycles. The van der Waals surface area contributed by atoms with Crippen LogP contribution in [0.15, 0.2) is 42.5 Å². The maximum Gasteiger partial charge on any atom is 0.325 e. The molecule has 8 heteroatoms. The van der Waals surface area contributed by atoms with Crippen LogP contribution in [-0.2, 0) is 16.1 Å². The van der Waals surface area contributed by atoms with E-state index in [9.17, 15) is 19.7 Å². The zero-order chi connectivity index (χ0) is 20.7. The fourth-order valence-electron chi connectivity index (χ4n) is 2.67. The zero-order valence-corrected chi connectivity index (χ0v) is 16.0. The van der Waals surface area contributed by atoms with Crippen LogP contribution in [0.1, 0.15) is 28.4 Å². The van der Waals surface area contributed by atoms with Crippen molar-refractivity contribution in [2.75, 3.05) is 20.3 Å². The number of nitro groups is 1. The summed E-state index contributed by atoms with van der Waals surface area (Å²) in [4.78, 5) is 36.8. The molecule has 0 saturated carbocycles. The van der Waals surface area contributed by atoms with Crippen molar-refractivity contribution in [1.82, 2.24) is 4.90 Å². The number of aryl methyl sites for hydroxylation is 1. The van der Waals surface area contributed by atoms with E-state index in [-0.39, 0.29) is 36.7 Å². The molecule has 0 aliphatic heterocycles. The van der Waals surface area contributed by atoms with Crippen LogP contribution in [0.2, 0.25) is 0 Å². The molecule has 0 aliphatic carbocycles. The summed E-state index contributed by atoms with van der Waals surface area (Å²) in [7, 11) is 1.24. The Morgan fingerprint density at radius 1 is 1.18 bits per heavy atom. The van der Waals surface area contributed by atoms with Crippen LogP contribution in [0.25, 0.3) is 0 Å². The lowest BCUT2D eigenvalue weighted by atomic mass is 10.1. The van der Waals surface area contributed by atoms with E-state index in [0.29, 0.717) is 0 Å². The fourth-order valence-corrected chi connectivity index (χ4v) is 2.67. The molecular formula is C20H22N2O6. The molecule has 148 valence electrons. The molecule has 0 heterocycles. The summed E-state index contributed by atoms with van der Waals surface area (Å²) in [5.74, 6) is -1.01. The van der Waals surface area contributed by atoms with Crippen LogP contribution < -0.4 is 4.74 Å². The van der Waals surface area contributed by atoms with Gasteiger partial charge in [-0.15, -0.1) is 0 Å². The van der Waals surface area contributed by atoms with Gasteiger partial charge in [0.1, 0.15) is 6.54 Å². The van der Waals surface area contributed by atoms with E-state index in [1.165, 1.54) is 24.1 Å². The number of esters is 1. The summed E-state index contributed by atoms with van der Waals surface area (Å²) in [6, 6.07) is 11.5. The average molecular weight is 386 g/mol. The topological polar surface area (TPSA) is 99.0 Å². The first-order valence-electron chi connectivity index (χ1n) is 8.69. The van der Waals surface area contributed by atoms with Crippen LogP contribution in [0, 0.1) is 17.0 Å². The highest BCUT2D eigenvalue weighted by atomic mass is 16.6. The number of nitro benzene ring substituents is 1. The largest absolute Gasteiger partial charge is 0.487 e. The summed E-state index contributed by atoms with van der Waals surface area (Å²) in [6.07, 6.45) is 0. The van der Waals surface area contributed by atoms with Crippen molar-refractivity contribution in [3.05, 3.63) is 69.3 Å². The standard InChI is InChI=1S/C20H22N2O6/c1-4-28-18-10-9-15(11-17(18)22(25)26)20(24)21(13-19(23)27-3)12-16-8-6-5-7-14(16)2/h5-11H,4,12-13H2,1-3H3. The van der Waals surface area contributed by atoms with E-state index >= 15 is 0 Å². The highest BCUT2D eigenvalue weighted by molar-refractivity contribution is 5.96. The van der Waals surface area contributed by atoms with E-state index in [0.717, 1.165) is 17.2 Å². The van der Waals surface area contributed by atoms with Gasteiger partial charge in [0.15, 0.2) is 5.75 Å². The third-order valence-corrected chi connectivity index (χ3v) is 4.16. The number of hydrogen-bond donors (Lipinski definition) is 0. The molecule has 0 atom stereocenters. The second kappa shape index (κ2) is 9.50. The van der Waals surface area contributed by atoms with Crippen LogP contribution in [0.5, 0.6) is 5.75 Å². The molecule has 0 fully saturated rings. The summed E-state index contributed by atoms with van der Waals surface area (Å²) < 4.78 is 9.93. The van der Waals surface area contributed by atoms with Crippen LogP contribution in [0.3, 0.4) is 0 Å². The van der Waals surface area contributed by atoms with E-state index in [4.69, 9.17) is 4.74 Å². The highest BCUT2D eigenvalue weighted by Gasteiger charge is 2.24. The van der Waals surface area contributed by atoms with Gasteiger partial charge in [0.25, 0.3) is 5.91 Å². The molecule has 0 aliphatic rings. The van der Waals surface area contributed by atoms with Crippen molar-refractivity contribution in [2.45, 2.75) is 20.4 Å². The predicted molar refractivity (Wildman–Crippen MR) is 102 cm³/mol. The Bertz CT molecular complexity index is 881. The number of methoxy groups -OCH3 is 1. The lowest BCUT2D eigenvalue weighted by Crippen LogP contribution is -2.36. The smallest absolute Gasteiger partial charge is 0.325 e. The van der Waals surface area contributed by atoms with Crippen LogP contribution in [0.4, 0.5) is 5.69 Å². The molecule has 2 rings (SSSR count). The predicted octanol–water partition coefficient (Wildman–Crippen LogP) is 3.12. The number of nitrogens with zero attached hydrogens (tertiary/aromatic N) is 2. The molecule has 2 aromatic carbocycles. The van der Waals surface area contributed by atoms with Crippen molar-refractivity contribution in [3.63, 3.8) is 0 Å². The third-order valence-electron chi connectivity index (χ3n) is 4.16. The van der Waals surface area contributed by atoms with Gasteiger partial charge in [-0.05, 0) is 37.1 Å². The van der Waals surface area contributed by atoms with Gasteiger partial charge in [0, 0.05) is 18.2 Å². The van der Waals surface area contributed by atoms with Gasteiger partial charge < -0.3 is 14.4 Å². The van der Waals surface area contributed by atoms with E-state index in [2.05, 4.69) is 4.74 Å². The van der Waals surface area contributed by atoms with Gasteiger partial charge in [-0.25, -0.2) is 0 Å². The first-order valence-corrected chi connectivity index (χ1v) is 8.69. The number of amides is 1. The molecule has 0 spiro atoms. The molecule has 0 N–H and O–H groups in total. The van der Waals surface area contributed by atoms with Gasteiger partial charge in [-0.3, -0.25) is 19.7 Å². The van der Waals surface area contributed by atoms with Gasteiger partial charge in [0.2, 0.25) is 0 Å². The number of carbonyl (C=O) groups is 2. The van der Waals surface area contributed by atoms with Crippen molar-refractivity contribution >= 4 is 17.6 Å². The second-order valence-electron chi connectivity index (χ2n) is 6.04. The highest BCUT2D eigenvalue weighted by Crippen LogP contribution is 2.28. The molecule has 0 aromatic heterocycles. The summed E-state index contributed by atoms with van der Waals surface area (Å²) in [5, 5.41) is 11.3. The van der Waals surface area contributed by atoms with E-state index in [1.807, 2.05) is 31.2 Å². The lowest BCUT2D eigenvalue weighted by molar-refractivity contribution is -0.385. The zero-order valence-electron chi connectivity index (χ0n) is 16.0. The SMILES string of the molecule is CCOc1ccc(C(=O)N(CC(=O)OC)Cc2ccccc2C)cc1[N+](=O)[O-]. The number of hydrogen-bond acceptors (Lipinski definition) is 6. The molecule has 0 radical (unpaired) electrons. The molecular weight excluding hydrogens is 364 g/mol. The number of rotatable bonds is 8. The van der Waals surface area contributed by atoms with E-state index < -0.39 is 16.8 Å². The third kappa shape index (κ3) is 5.06. The minimum absolute atomic E-state index is 0.0856. The maximum absolute atomic E-state index is 13.0. The van der Waals surface area contributed by atoms with Crippen molar-refractivity contribution < 1.29 is 24.0 Å². The van der Waals surface area contributed by atoms with Crippen molar-refractivity contribution in [2.24, 2.45) is 0 Å². The van der Waals surface area contributed by atoms with Crippen LogP contribution >= 0.6 is 0 Å². The Hall–Kier alpha value is -3.42. The van der Waals surface area contributed by atoms with Crippen molar-refractivity contribution in [1.29, 1.82) is 0 Å². The number of benzene rings is 2. The van der Waals surface area contributed by atoms with Gasteiger partial charge in [-0.1, -0.05) is 24.3 Å². The minimum atomic E-state index is -0.603. The molecule has 2 aromatic rings. The first kappa shape index (κ1) is 20.9. The summed E-state index contributed by atoms with van der Waals surface area (Å²) in [6.45, 7) is 3.77.